The van der Waals surface area contributed by atoms with E-state index < -0.39 is 11.8 Å². The molecule has 54 heavy (non-hydrogen) atoms. The number of nitrogens with one attached hydrogen (secondary N) is 2. The molecule has 0 saturated heterocycles. The Morgan fingerprint density at radius 3 is 2.07 bits per heavy atom. The van der Waals surface area contributed by atoms with Crippen molar-refractivity contribution in [2.24, 2.45) is 27.7 Å². The number of aromatic nitrogens is 2. The van der Waals surface area contributed by atoms with Crippen LogP contribution in [0.15, 0.2) is 59.4 Å². The summed E-state index contributed by atoms with van der Waals surface area (Å²) in [6.07, 6.45) is 6.36. The van der Waals surface area contributed by atoms with Crippen molar-refractivity contribution in [1.82, 2.24) is 15.3 Å². The lowest BCUT2D eigenvalue weighted by molar-refractivity contribution is -0.130. The maximum absolute atomic E-state index is 13.7. The fraction of sp³-hybridized carbons (Fsp3) is 0.591. The van der Waals surface area contributed by atoms with E-state index in [-0.39, 0.29) is 104 Å². The molecule has 3 aromatic rings. The van der Waals surface area contributed by atoms with E-state index in [1.54, 1.807) is 0 Å². The van der Waals surface area contributed by atoms with E-state index >= 15 is 0 Å². The lowest BCUT2D eigenvalue weighted by Crippen LogP contribution is -2.51. The van der Waals surface area contributed by atoms with Crippen LogP contribution in [0.1, 0.15) is 129 Å². The fourth-order valence-electron chi connectivity index (χ4n) is 8.32. The number of aryl methyl sites for hydroxylation is 1. The number of amides is 1. The SMILES string of the molecule is CC(C)(C)[C@H](NC(=O)C1CCC(F)(F)CC1)C1=NC=C(CCc2ccc3cc(-c4cnc([C@@H](CC(=O)C5CCC(F)(F)CC5)C(C)(C)C)[nH]4)ccc3c2)C1. The van der Waals surface area contributed by atoms with Gasteiger partial charge in [0, 0.05) is 73.8 Å². The van der Waals surface area contributed by atoms with Crippen molar-refractivity contribution in [3.8, 4) is 11.3 Å². The second-order valence-electron chi connectivity index (χ2n) is 18.3. The molecule has 0 spiro atoms. The molecule has 2 atom stereocenters. The molecular formula is C44H56F4N4O2. The van der Waals surface area contributed by atoms with Crippen molar-refractivity contribution in [2.45, 2.75) is 142 Å². The van der Waals surface area contributed by atoms with Crippen LogP contribution in [0, 0.1) is 22.7 Å². The third-order valence-electron chi connectivity index (χ3n) is 11.9. The lowest BCUT2D eigenvalue weighted by Gasteiger charge is -2.34. The van der Waals surface area contributed by atoms with Gasteiger partial charge in [0.15, 0.2) is 0 Å². The minimum Gasteiger partial charge on any atom is -0.347 e. The average molecular weight is 749 g/mol. The van der Waals surface area contributed by atoms with E-state index in [4.69, 9.17) is 9.98 Å². The van der Waals surface area contributed by atoms with Gasteiger partial charge in [-0.2, -0.15) is 0 Å². The largest absolute Gasteiger partial charge is 0.347 e. The molecule has 2 heterocycles. The number of benzene rings is 2. The first-order valence-corrected chi connectivity index (χ1v) is 19.7. The zero-order valence-corrected chi connectivity index (χ0v) is 32.6. The van der Waals surface area contributed by atoms with Crippen molar-refractivity contribution in [3.05, 3.63) is 65.8 Å². The summed E-state index contributed by atoms with van der Waals surface area (Å²) in [5.74, 6) is -5.56. The van der Waals surface area contributed by atoms with Crippen molar-refractivity contribution in [2.75, 3.05) is 0 Å². The molecule has 6 nitrogen and oxygen atoms in total. The van der Waals surface area contributed by atoms with Gasteiger partial charge in [0.25, 0.3) is 0 Å². The molecular weight excluding hydrogens is 693 g/mol. The highest BCUT2D eigenvalue weighted by molar-refractivity contribution is 5.97. The number of fused-ring (bicyclic) bond motifs is 1. The predicted molar refractivity (Wildman–Crippen MR) is 207 cm³/mol. The average Bonchev–Trinajstić information content (AvgIpc) is 3.77. The molecule has 1 aromatic heterocycles. The Bertz CT molecular complexity index is 1890. The molecule has 0 bridgehead atoms. The molecule has 6 rings (SSSR count). The van der Waals surface area contributed by atoms with E-state index in [0.717, 1.165) is 46.4 Å². The third kappa shape index (κ3) is 9.69. The Morgan fingerprint density at radius 2 is 1.44 bits per heavy atom. The van der Waals surface area contributed by atoms with Crippen LogP contribution in [0.4, 0.5) is 17.6 Å². The Morgan fingerprint density at radius 1 is 0.833 bits per heavy atom. The number of nitrogens with zero attached hydrogens (tertiary/aromatic N) is 2. The molecule has 2 N–H and O–H groups in total. The van der Waals surface area contributed by atoms with Gasteiger partial charge < -0.3 is 10.3 Å². The van der Waals surface area contributed by atoms with Gasteiger partial charge >= 0.3 is 0 Å². The number of aliphatic imine (C=N–C) groups is 1. The standard InChI is InChI=1S/C44H56F4N4O2/c1-41(2,3)34(24-37(53)29-13-17-43(45,46)18-14-29)39-50-26-36(51-39)33-12-11-31-21-27(9-10-32(31)23-33)7-8-28-22-35(49-25-28)38(42(4,5)6)52-40(54)30-15-19-44(47,48)20-16-30/h9-12,21,23,25-26,29-30,34,38H,7-8,13-20,22,24H2,1-6H3,(H,50,51)(H,52,54)/t34-,38-/m1/s1. The zero-order chi connectivity index (χ0) is 39.1. The summed E-state index contributed by atoms with van der Waals surface area (Å²) in [4.78, 5) is 39.3. The zero-order valence-electron chi connectivity index (χ0n) is 32.6. The number of allylic oxidation sites excluding steroid dienone is 1. The fourth-order valence-corrected chi connectivity index (χ4v) is 8.32. The van der Waals surface area contributed by atoms with Gasteiger partial charge in [-0.1, -0.05) is 71.9 Å². The number of H-pyrrole nitrogens is 1. The van der Waals surface area contributed by atoms with Crippen LogP contribution >= 0.6 is 0 Å². The Hall–Kier alpha value is -3.82. The molecule has 1 amide bonds. The summed E-state index contributed by atoms with van der Waals surface area (Å²) in [6.45, 7) is 12.5. The van der Waals surface area contributed by atoms with Crippen molar-refractivity contribution in [3.63, 3.8) is 0 Å². The second kappa shape index (κ2) is 15.4. The van der Waals surface area contributed by atoms with Gasteiger partial charge in [0.05, 0.1) is 17.9 Å². The van der Waals surface area contributed by atoms with Crippen molar-refractivity contribution < 1.29 is 27.2 Å². The quantitative estimate of drug-likeness (QED) is 0.191. The van der Waals surface area contributed by atoms with E-state index in [1.165, 1.54) is 11.1 Å². The number of hydrogen-bond acceptors (Lipinski definition) is 4. The first kappa shape index (κ1) is 39.9. The van der Waals surface area contributed by atoms with E-state index in [9.17, 15) is 27.2 Å². The minimum absolute atomic E-state index is 0.0492. The number of carbonyl (C=O) groups excluding carboxylic acids is 2. The summed E-state index contributed by atoms with van der Waals surface area (Å²) in [7, 11) is 0. The maximum Gasteiger partial charge on any atom is 0.248 e. The van der Waals surface area contributed by atoms with E-state index in [1.807, 2.05) is 12.4 Å². The van der Waals surface area contributed by atoms with Gasteiger partial charge in [0.2, 0.25) is 17.8 Å². The topological polar surface area (TPSA) is 87.2 Å². The number of halogens is 4. The van der Waals surface area contributed by atoms with Crippen LogP contribution in [0.2, 0.25) is 0 Å². The highest BCUT2D eigenvalue weighted by Gasteiger charge is 2.41. The van der Waals surface area contributed by atoms with Crippen molar-refractivity contribution >= 4 is 28.2 Å². The number of alkyl halides is 4. The molecule has 2 saturated carbocycles. The van der Waals surface area contributed by atoms with Crippen molar-refractivity contribution in [1.29, 1.82) is 0 Å². The highest BCUT2D eigenvalue weighted by Crippen LogP contribution is 2.42. The molecule has 0 unspecified atom stereocenters. The number of aromatic amines is 1. The smallest absolute Gasteiger partial charge is 0.248 e. The Kier molecular flexibility index (Phi) is 11.3. The van der Waals surface area contributed by atoms with Crippen LogP contribution in [0.25, 0.3) is 22.0 Å². The van der Waals surface area contributed by atoms with Gasteiger partial charge in [-0.3, -0.25) is 14.6 Å². The maximum atomic E-state index is 13.7. The monoisotopic (exact) mass is 748 g/mol. The number of hydrogen-bond donors (Lipinski definition) is 2. The van der Waals surface area contributed by atoms with Gasteiger partial charge in [-0.25, -0.2) is 22.5 Å². The number of imidazole rings is 1. The molecule has 2 fully saturated rings. The van der Waals surface area contributed by atoms with Crippen LogP contribution in [0.5, 0.6) is 0 Å². The minimum atomic E-state index is -2.67. The molecule has 292 valence electrons. The lowest BCUT2D eigenvalue weighted by atomic mass is 9.74. The molecule has 1 aliphatic heterocycles. The first-order valence-electron chi connectivity index (χ1n) is 19.7. The molecule has 2 aromatic carbocycles. The predicted octanol–water partition coefficient (Wildman–Crippen LogP) is 11.2. The van der Waals surface area contributed by atoms with Gasteiger partial charge in [-0.15, -0.1) is 0 Å². The van der Waals surface area contributed by atoms with Gasteiger partial charge in [-0.05, 0) is 77.3 Å². The van der Waals surface area contributed by atoms with Crippen LogP contribution in [-0.4, -0.2) is 45.3 Å². The molecule has 2 aliphatic carbocycles. The normalized spacial score (nSPS) is 20.7. The highest BCUT2D eigenvalue weighted by atomic mass is 19.3. The Balaban J connectivity index is 1.05. The summed E-state index contributed by atoms with van der Waals surface area (Å²) in [5, 5.41) is 5.40. The Labute approximate surface area is 317 Å². The molecule has 3 aliphatic rings. The number of Topliss-reactive ketones (excluding diaryl/α,β-unsaturated/α-hetero) is 1. The molecule has 0 radical (unpaired) electrons. The first-order chi connectivity index (χ1) is 25.3. The number of carbonyl (C=O) groups is 2. The van der Waals surface area contributed by atoms with Crippen LogP contribution < -0.4 is 5.32 Å². The molecule has 10 heteroatoms. The summed E-state index contributed by atoms with van der Waals surface area (Å²) in [5.41, 5.74) is 4.65. The van der Waals surface area contributed by atoms with Gasteiger partial charge in [0.1, 0.15) is 11.6 Å². The summed E-state index contributed by atoms with van der Waals surface area (Å²) < 4.78 is 54.8. The third-order valence-corrected chi connectivity index (χ3v) is 11.9. The van der Waals surface area contributed by atoms with Crippen LogP contribution in [0.3, 0.4) is 0 Å². The van der Waals surface area contributed by atoms with Crippen LogP contribution in [-0.2, 0) is 16.0 Å². The summed E-state index contributed by atoms with van der Waals surface area (Å²) in [6, 6.07) is 12.5. The summed E-state index contributed by atoms with van der Waals surface area (Å²) >= 11 is 0. The van der Waals surface area contributed by atoms with E-state index in [2.05, 4.69) is 88.2 Å². The number of ketones is 1. The number of rotatable bonds is 11. The second-order valence-corrected chi connectivity index (χ2v) is 18.3. The van der Waals surface area contributed by atoms with E-state index in [0.29, 0.717) is 6.42 Å².